The molecule has 1 aromatic rings. The van der Waals surface area contributed by atoms with E-state index in [0.717, 1.165) is 6.08 Å². The largest absolute Gasteiger partial charge is 0.502 e. The number of phenols is 1. The molecule has 11 heteroatoms. The van der Waals surface area contributed by atoms with E-state index < -0.39 is 49.1 Å². The lowest BCUT2D eigenvalue weighted by atomic mass is 9.95. The van der Waals surface area contributed by atoms with Gasteiger partial charge in [-0.3, -0.25) is 0 Å². The summed E-state index contributed by atoms with van der Waals surface area (Å²) in [4.78, 5) is 23.5. The molecule has 5 atom stereocenters. The number of rotatable bonds is 7. The van der Waals surface area contributed by atoms with Gasteiger partial charge in [0, 0.05) is 6.08 Å². The van der Waals surface area contributed by atoms with E-state index in [4.69, 9.17) is 24.1 Å². The van der Waals surface area contributed by atoms with Crippen LogP contribution in [0.4, 0.5) is 0 Å². The van der Waals surface area contributed by atoms with Crippen LogP contribution in [0.1, 0.15) is 5.56 Å². The first-order valence-electron chi connectivity index (χ1n) is 8.42. The van der Waals surface area contributed by atoms with Gasteiger partial charge in [0.05, 0.1) is 20.8 Å². The van der Waals surface area contributed by atoms with Crippen molar-refractivity contribution in [2.24, 2.45) is 0 Å². The minimum absolute atomic E-state index is 0.0950. The summed E-state index contributed by atoms with van der Waals surface area (Å²) in [5, 5.41) is 48.2. The van der Waals surface area contributed by atoms with E-state index >= 15 is 0 Å². The Morgan fingerprint density at radius 2 is 1.72 bits per heavy atom. The second-order valence-corrected chi connectivity index (χ2v) is 6.11. The maximum atomic E-state index is 12.1. The van der Waals surface area contributed by atoms with E-state index in [1.165, 1.54) is 32.4 Å². The molecule has 160 valence electrons. The Morgan fingerprint density at radius 3 is 2.21 bits per heavy atom. The molecule has 5 N–H and O–H groups in total. The summed E-state index contributed by atoms with van der Waals surface area (Å²) in [5.74, 6) is -2.60. The highest BCUT2D eigenvalue weighted by molar-refractivity contribution is 5.88. The van der Waals surface area contributed by atoms with E-state index in [1.54, 1.807) is 0 Å². The molecule has 1 aliphatic rings. The molecule has 29 heavy (non-hydrogen) atoms. The van der Waals surface area contributed by atoms with Crippen molar-refractivity contribution in [3.05, 3.63) is 23.8 Å². The molecule has 0 radical (unpaired) electrons. The number of aliphatic hydroxyl groups excluding tert-OH is 3. The number of phenolic OH excluding ortho intramolecular Hbond substituents is 1. The Labute approximate surface area is 165 Å². The number of carbonyl (C=O) groups excluding carboxylic acids is 1. The summed E-state index contributed by atoms with van der Waals surface area (Å²) in [6.07, 6.45) is -6.03. The van der Waals surface area contributed by atoms with Crippen molar-refractivity contribution in [3.63, 3.8) is 0 Å². The molecule has 0 bridgehead atoms. The number of hydrogen-bond acceptors (Lipinski definition) is 10. The molecule has 1 unspecified atom stereocenters. The third-order valence-corrected chi connectivity index (χ3v) is 4.28. The van der Waals surface area contributed by atoms with Crippen molar-refractivity contribution in [1.82, 2.24) is 0 Å². The molecule has 0 amide bonds. The van der Waals surface area contributed by atoms with Crippen molar-refractivity contribution in [1.29, 1.82) is 0 Å². The van der Waals surface area contributed by atoms with Crippen LogP contribution in [0.2, 0.25) is 0 Å². The number of methoxy groups -OCH3 is 2. The molecule has 2 rings (SSSR count). The number of ether oxygens (including phenoxy) is 4. The third-order valence-electron chi connectivity index (χ3n) is 4.28. The van der Waals surface area contributed by atoms with Gasteiger partial charge in [0.15, 0.2) is 23.7 Å². The quantitative estimate of drug-likeness (QED) is 0.271. The van der Waals surface area contributed by atoms with Crippen molar-refractivity contribution < 1.29 is 54.1 Å². The molecule has 0 spiro atoms. The number of hydrogen-bond donors (Lipinski definition) is 5. The summed E-state index contributed by atoms with van der Waals surface area (Å²) < 4.78 is 20.0. The standard InChI is InChI=1S/C18H22O11/c1-26-9-5-8(6-10(27-2)13(9)21)3-4-12(20)29-16-15(23)14(22)11(7-19)28-17(16)18(24)25/h3-6,11,14-17,19,21-23H,7H2,1-2H3,(H,24,25)/t11-,14-,15+,16-,17?/m1/s1. The zero-order chi connectivity index (χ0) is 21.7. The second-order valence-electron chi connectivity index (χ2n) is 6.11. The van der Waals surface area contributed by atoms with E-state index in [1.807, 2.05) is 0 Å². The molecule has 1 aliphatic heterocycles. The van der Waals surface area contributed by atoms with Gasteiger partial charge in [-0.05, 0) is 23.8 Å². The fourth-order valence-corrected chi connectivity index (χ4v) is 2.77. The van der Waals surface area contributed by atoms with E-state index in [0.29, 0.717) is 5.56 Å². The van der Waals surface area contributed by atoms with Crippen LogP contribution in [0.3, 0.4) is 0 Å². The van der Waals surface area contributed by atoms with Crippen LogP contribution in [0.15, 0.2) is 18.2 Å². The Kier molecular flexibility index (Phi) is 7.40. The third kappa shape index (κ3) is 4.95. The zero-order valence-corrected chi connectivity index (χ0v) is 15.6. The monoisotopic (exact) mass is 414 g/mol. The lowest BCUT2D eigenvalue weighted by molar-refractivity contribution is -0.239. The van der Waals surface area contributed by atoms with Crippen LogP contribution >= 0.6 is 0 Å². The van der Waals surface area contributed by atoms with E-state index in [9.17, 15) is 30.0 Å². The summed E-state index contributed by atoms with van der Waals surface area (Å²) in [5.41, 5.74) is 0.393. The summed E-state index contributed by atoms with van der Waals surface area (Å²) in [7, 11) is 2.66. The number of carbonyl (C=O) groups is 2. The summed E-state index contributed by atoms with van der Waals surface area (Å²) in [6.45, 7) is -0.729. The number of carboxylic acids is 1. The zero-order valence-electron chi connectivity index (χ0n) is 15.6. The minimum atomic E-state index is -1.78. The molecule has 0 aliphatic carbocycles. The van der Waals surface area contributed by atoms with Gasteiger partial charge < -0.3 is 44.5 Å². The van der Waals surface area contributed by atoms with Crippen LogP contribution in [0.5, 0.6) is 17.2 Å². The first-order valence-corrected chi connectivity index (χ1v) is 8.42. The second kappa shape index (κ2) is 9.56. The van der Waals surface area contributed by atoms with Gasteiger partial charge in [-0.1, -0.05) is 0 Å². The smallest absolute Gasteiger partial charge is 0.336 e. The Hall–Kier alpha value is -2.86. The van der Waals surface area contributed by atoms with Crippen LogP contribution in [-0.2, 0) is 19.1 Å². The highest BCUT2D eigenvalue weighted by Gasteiger charge is 2.49. The number of carboxylic acid groups (broad SMARTS) is 1. The number of esters is 1. The van der Waals surface area contributed by atoms with Gasteiger partial charge in [0.1, 0.15) is 18.3 Å². The van der Waals surface area contributed by atoms with Gasteiger partial charge in [-0.15, -0.1) is 0 Å². The van der Waals surface area contributed by atoms with Gasteiger partial charge in [-0.2, -0.15) is 0 Å². The van der Waals surface area contributed by atoms with Crippen LogP contribution in [-0.4, -0.2) is 88.8 Å². The number of benzene rings is 1. The number of aromatic hydroxyl groups is 1. The molecule has 0 aromatic heterocycles. The van der Waals surface area contributed by atoms with Crippen molar-refractivity contribution in [2.75, 3.05) is 20.8 Å². The van der Waals surface area contributed by atoms with Gasteiger partial charge in [0.2, 0.25) is 5.75 Å². The lowest BCUT2D eigenvalue weighted by Crippen LogP contribution is -2.61. The topological polar surface area (TPSA) is 172 Å². The number of aliphatic hydroxyl groups is 3. The molecule has 1 aromatic carbocycles. The maximum absolute atomic E-state index is 12.1. The summed E-state index contributed by atoms with van der Waals surface area (Å²) >= 11 is 0. The number of aliphatic carboxylic acids is 1. The highest BCUT2D eigenvalue weighted by Crippen LogP contribution is 2.37. The predicted octanol–water partition coefficient (Wildman–Crippen LogP) is -1.10. The first-order chi connectivity index (χ1) is 13.7. The Morgan fingerprint density at radius 1 is 1.14 bits per heavy atom. The lowest BCUT2D eigenvalue weighted by Gasteiger charge is -2.39. The predicted molar refractivity (Wildman–Crippen MR) is 95.5 cm³/mol. The van der Waals surface area contributed by atoms with Crippen molar-refractivity contribution >= 4 is 18.0 Å². The molecular weight excluding hydrogens is 392 g/mol. The molecule has 11 nitrogen and oxygen atoms in total. The molecular formula is C18H22O11. The minimum Gasteiger partial charge on any atom is -0.502 e. The van der Waals surface area contributed by atoms with Crippen LogP contribution < -0.4 is 9.47 Å². The van der Waals surface area contributed by atoms with E-state index in [2.05, 4.69) is 0 Å². The fourth-order valence-electron chi connectivity index (χ4n) is 2.77. The molecule has 1 fully saturated rings. The first kappa shape index (κ1) is 22.4. The van der Waals surface area contributed by atoms with Gasteiger partial charge in [-0.25, -0.2) is 9.59 Å². The average Bonchev–Trinajstić information content (AvgIpc) is 2.70. The van der Waals surface area contributed by atoms with Crippen molar-refractivity contribution in [2.45, 2.75) is 30.5 Å². The van der Waals surface area contributed by atoms with Gasteiger partial charge >= 0.3 is 11.9 Å². The van der Waals surface area contributed by atoms with Crippen LogP contribution in [0, 0.1) is 0 Å². The molecule has 0 saturated carbocycles. The van der Waals surface area contributed by atoms with Gasteiger partial charge in [0.25, 0.3) is 0 Å². The van der Waals surface area contributed by atoms with Crippen molar-refractivity contribution in [3.8, 4) is 17.2 Å². The maximum Gasteiger partial charge on any atom is 0.336 e. The normalized spacial score (nSPS) is 26.9. The summed E-state index contributed by atoms with van der Waals surface area (Å²) in [6, 6.07) is 2.83. The van der Waals surface area contributed by atoms with E-state index in [-0.39, 0.29) is 17.2 Å². The molecule has 1 saturated heterocycles. The SMILES string of the molecule is COc1cc(C=CC(=O)O[C@H]2C(C(=O)O)O[C@H](CO)[C@@H](O)[C@@H]2O)cc(OC)c1O. The Balaban J connectivity index is 2.17. The Bertz CT molecular complexity index is 750. The highest BCUT2D eigenvalue weighted by atomic mass is 16.6. The fraction of sp³-hybridized carbons (Fsp3) is 0.444. The van der Waals surface area contributed by atoms with Crippen LogP contribution in [0.25, 0.3) is 6.08 Å². The molecule has 1 heterocycles. The average molecular weight is 414 g/mol.